The fraction of sp³-hybridized carbons (Fsp3) is 0.562. The van der Waals surface area contributed by atoms with Crippen molar-refractivity contribution in [3.63, 3.8) is 0 Å². The average Bonchev–Trinajstić information content (AvgIpc) is 2.96. The van der Waals surface area contributed by atoms with E-state index in [4.69, 9.17) is 0 Å². The molecule has 1 fully saturated rings. The van der Waals surface area contributed by atoms with Crippen LogP contribution < -0.4 is 0 Å². The molecular weight excluding hydrogens is 260 g/mol. The predicted molar refractivity (Wildman–Crippen MR) is 74.6 cm³/mol. The van der Waals surface area contributed by atoms with Crippen LogP contribution in [0, 0.1) is 11.6 Å². The first-order chi connectivity index (χ1) is 9.49. The number of likely N-dealkylation sites (tertiary alicyclic amines) is 1. The lowest BCUT2D eigenvalue weighted by molar-refractivity contribution is -0.129. The van der Waals surface area contributed by atoms with Gasteiger partial charge in [-0.1, -0.05) is 13.0 Å². The molecule has 1 saturated heterocycles. The van der Waals surface area contributed by atoms with Gasteiger partial charge in [-0.2, -0.15) is 0 Å². The highest BCUT2D eigenvalue weighted by atomic mass is 19.1. The number of hydrogen-bond acceptors (Lipinski definition) is 2. The van der Waals surface area contributed by atoms with Crippen molar-refractivity contribution < 1.29 is 13.6 Å². The normalized spacial score (nSPS) is 19.0. The fourth-order valence-electron chi connectivity index (χ4n) is 2.86. The van der Waals surface area contributed by atoms with Crippen LogP contribution in [0.2, 0.25) is 0 Å². The molecule has 2 nitrogen and oxygen atoms in total. The summed E-state index contributed by atoms with van der Waals surface area (Å²) in [6, 6.07) is 3.72. The van der Waals surface area contributed by atoms with E-state index >= 15 is 0 Å². The number of hydrogen-bond donors (Lipinski definition) is 0. The van der Waals surface area contributed by atoms with E-state index in [0.717, 1.165) is 25.9 Å². The molecule has 0 saturated carbocycles. The van der Waals surface area contributed by atoms with E-state index in [0.29, 0.717) is 6.42 Å². The highest BCUT2D eigenvalue weighted by molar-refractivity contribution is 5.89. The van der Waals surface area contributed by atoms with Crippen LogP contribution in [0.1, 0.15) is 38.7 Å². The smallest absolute Gasteiger partial charge is 0.157 e. The molecule has 1 aromatic carbocycles. The molecular formula is C16H21F2NO. The summed E-state index contributed by atoms with van der Waals surface area (Å²) in [5.74, 6) is -1.39. The lowest BCUT2D eigenvalue weighted by atomic mass is 9.87. The van der Waals surface area contributed by atoms with Crippen molar-refractivity contribution in [2.24, 2.45) is 0 Å². The highest BCUT2D eigenvalue weighted by Crippen LogP contribution is 2.27. The first-order valence-electron chi connectivity index (χ1n) is 7.20. The molecule has 1 heterocycles. The summed E-state index contributed by atoms with van der Waals surface area (Å²) >= 11 is 0. The summed E-state index contributed by atoms with van der Waals surface area (Å²) in [6.45, 7) is 5.61. The van der Waals surface area contributed by atoms with Gasteiger partial charge in [-0.3, -0.25) is 9.69 Å². The third kappa shape index (κ3) is 2.75. The molecule has 110 valence electrons. The van der Waals surface area contributed by atoms with Crippen LogP contribution in [0.4, 0.5) is 8.78 Å². The second-order valence-corrected chi connectivity index (χ2v) is 5.62. The van der Waals surface area contributed by atoms with E-state index in [1.54, 1.807) is 0 Å². The van der Waals surface area contributed by atoms with Gasteiger partial charge >= 0.3 is 0 Å². The molecule has 2 rings (SSSR count). The maximum atomic E-state index is 13.7. The Balaban J connectivity index is 2.21. The SMILES string of the molecule is CCC(C)(C(=O)Cc1c(F)cccc1F)N1CCCC1. The van der Waals surface area contributed by atoms with Crippen LogP contribution >= 0.6 is 0 Å². The van der Waals surface area contributed by atoms with Gasteiger partial charge in [0, 0.05) is 12.0 Å². The van der Waals surface area contributed by atoms with Crippen LogP contribution in [0.25, 0.3) is 0 Å². The lowest BCUT2D eigenvalue weighted by Gasteiger charge is -2.36. The van der Waals surface area contributed by atoms with E-state index in [-0.39, 0.29) is 17.8 Å². The summed E-state index contributed by atoms with van der Waals surface area (Å²) in [4.78, 5) is 14.7. The average molecular weight is 281 g/mol. The van der Waals surface area contributed by atoms with Crippen LogP contribution in [0.5, 0.6) is 0 Å². The molecule has 0 radical (unpaired) electrons. The van der Waals surface area contributed by atoms with Gasteiger partial charge in [-0.15, -0.1) is 0 Å². The zero-order valence-electron chi connectivity index (χ0n) is 12.1. The zero-order chi connectivity index (χ0) is 14.8. The maximum Gasteiger partial charge on any atom is 0.157 e. The van der Waals surface area contributed by atoms with E-state index in [9.17, 15) is 13.6 Å². The Bertz CT molecular complexity index is 477. The minimum absolute atomic E-state index is 0.106. The largest absolute Gasteiger partial charge is 0.297 e. The Morgan fingerprint density at radius 1 is 1.25 bits per heavy atom. The Kier molecular flexibility index (Phi) is 4.53. The molecule has 1 atom stereocenters. The van der Waals surface area contributed by atoms with Gasteiger partial charge in [0.15, 0.2) is 5.78 Å². The predicted octanol–water partition coefficient (Wildman–Crippen LogP) is 3.34. The molecule has 4 heteroatoms. The van der Waals surface area contributed by atoms with Gasteiger partial charge in [0.2, 0.25) is 0 Å². The zero-order valence-corrected chi connectivity index (χ0v) is 12.1. The maximum absolute atomic E-state index is 13.7. The Morgan fingerprint density at radius 2 is 1.80 bits per heavy atom. The van der Waals surface area contributed by atoms with Gasteiger partial charge in [0.25, 0.3) is 0 Å². The van der Waals surface area contributed by atoms with Crippen molar-refractivity contribution in [3.8, 4) is 0 Å². The van der Waals surface area contributed by atoms with Crippen LogP contribution in [-0.4, -0.2) is 29.3 Å². The first kappa shape index (κ1) is 15.1. The van der Waals surface area contributed by atoms with E-state index in [1.165, 1.54) is 18.2 Å². The molecule has 0 N–H and O–H groups in total. The number of Topliss-reactive ketones (excluding diaryl/α,β-unsaturated/α-hetero) is 1. The van der Waals surface area contributed by atoms with E-state index in [1.807, 2.05) is 13.8 Å². The van der Waals surface area contributed by atoms with Crippen molar-refractivity contribution in [2.75, 3.05) is 13.1 Å². The van der Waals surface area contributed by atoms with Gasteiger partial charge in [0.05, 0.1) is 5.54 Å². The second-order valence-electron chi connectivity index (χ2n) is 5.62. The number of rotatable bonds is 5. The molecule has 0 bridgehead atoms. The molecule has 0 aromatic heterocycles. The fourth-order valence-corrected chi connectivity index (χ4v) is 2.86. The molecule has 0 spiro atoms. The molecule has 0 aliphatic carbocycles. The first-order valence-corrected chi connectivity index (χ1v) is 7.20. The van der Waals surface area contributed by atoms with Crippen LogP contribution in [0.3, 0.4) is 0 Å². The Hall–Kier alpha value is -1.29. The summed E-state index contributed by atoms with van der Waals surface area (Å²) < 4.78 is 27.3. The van der Waals surface area contributed by atoms with Crippen LogP contribution in [0.15, 0.2) is 18.2 Å². The topological polar surface area (TPSA) is 20.3 Å². The van der Waals surface area contributed by atoms with E-state index in [2.05, 4.69) is 4.90 Å². The van der Waals surface area contributed by atoms with Crippen molar-refractivity contribution in [1.82, 2.24) is 4.90 Å². The standard InChI is InChI=1S/C16H21F2NO/c1-3-16(2,19-9-4-5-10-19)15(20)11-12-13(17)7-6-8-14(12)18/h6-8H,3-5,9-11H2,1-2H3. The van der Waals surface area contributed by atoms with Gasteiger partial charge in [-0.05, 0) is 51.4 Å². The number of carbonyl (C=O) groups excluding carboxylic acids is 1. The van der Waals surface area contributed by atoms with Crippen molar-refractivity contribution in [1.29, 1.82) is 0 Å². The molecule has 1 aliphatic heterocycles. The number of carbonyl (C=O) groups is 1. The third-order valence-corrected chi connectivity index (χ3v) is 4.49. The van der Waals surface area contributed by atoms with Gasteiger partial charge in [0.1, 0.15) is 11.6 Å². The molecule has 1 aliphatic rings. The molecule has 1 aromatic rings. The molecule has 0 amide bonds. The third-order valence-electron chi connectivity index (χ3n) is 4.49. The minimum Gasteiger partial charge on any atom is -0.297 e. The summed E-state index contributed by atoms with van der Waals surface area (Å²) in [5, 5.41) is 0. The van der Waals surface area contributed by atoms with Crippen molar-refractivity contribution in [2.45, 2.75) is 45.1 Å². The lowest BCUT2D eigenvalue weighted by Crippen LogP contribution is -2.51. The van der Waals surface area contributed by atoms with Crippen LogP contribution in [-0.2, 0) is 11.2 Å². The highest BCUT2D eigenvalue weighted by Gasteiger charge is 2.38. The number of halogens is 2. The monoisotopic (exact) mass is 281 g/mol. The Labute approximate surface area is 118 Å². The van der Waals surface area contributed by atoms with Gasteiger partial charge in [-0.25, -0.2) is 8.78 Å². The van der Waals surface area contributed by atoms with Crippen molar-refractivity contribution in [3.05, 3.63) is 35.4 Å². The number of nitrogens with zero attached hydrogens (tertiary/aromatic N) is 1. The summed E-state index contributed by atoms with van der Waals surface area (Å²) in [7, 11) is 0. The quantitative estimate of drug-likeness (QED) is 0.825. The molecule has 1 unspecified atom stereocenters. The second kappa shape index (κ2) is 6.00. The number of ketones is 1. The summed E-state index contributed by atoms with van der Waals surface area (Å²) in [5.41, 5.74) is -0.734. The Morgan fingerprint density at radius 3 is 2.30 bits per heavy atom. The van der Waals surface area contributed by atoms with Gasteiger partial charge < -0.3 is 0 Å². The minimum atomic E-state index is -0.641. The van der Waals surface area contributed by atoms with Crippen molar-refractivity contribution >= 4 is 5.78 Å². The molecule has 20 heavy (non-hydrogen) atoms. The van der Waals surface area contributed by atoms with E-state index < -0.39 is 17.2 Å². The number of benzene rings is 1. The summed E-state index contributed by atoms with van der Waals surface area (Å²) in [6.07, 6.45) is 2.63.